The van der Waals surface area contributed by atoms with Gasteiger partial charge >= 0.3 is 0 Å². The molecule has 1 aromatic rings. The van der Waals surface area contributed by atoms with Crippen LogP contribution in [-0.4, -0.2) is 43.9 Å². The molecule has 0 spiro atoms. The number of aryl methyl sites for hydroxylation is 1. The first-order valence-corrected chi connectivity index (χ1v) is 8.66. The summed E-state index contributed by atoms with van der Waals surface area (Å²) in [4.78, 5) is 16.5. The molecule has 1 amide bonds. The predicted octanol–water partition coefficient (Wildman–Crippen LogP) is 1.24. The first kappa shape index (κ1) is 17.4. The number of nitrogens with one attached hydrogen (secondary N) is 2. The van der Waals surface area contributed by atoms with Crippen LogP contribution in [0.1, 0.15) is 36.8 Å². The van der Waals surface area contributed by atoms with Crippen LogP contribution in [0, 0.1) is 0 Å². The molecular weight excluding hydrogens is 290 g/mol. The quantitative estimate of drug-likeness (QED) is 0.825. The first-order chi connectivity index (χ1) is 9.60. The average molecular weight is 313 g/mol. The summed E-state index contributed by atoms with van der Waals surface area (Å²) in [6, 6.07) is 3.35. The summed E-state index contributed by atoms with van der Waals surface area (Å²) < 4.78 is 22.3. The lowest BCUT2D eigenvalue weighted by Crippen LogP contribution is -2.43. The van der Waals surface area contributed by atoms with Crippen LogP contribution in [0.25, 0.3) is 0 Å². The Balaban J connectivity index is 2.90. The number of pyridine rings is 1. The highest BCUT2D eigenvalue weighted by Crippen LogP contribution is 2.15. The zero-order valence-electron chi connectivity index (χ0n) is 13.1. The molecule has 1 aromatic heterocycles. The van der Waals surface area contributed by atoms with Crippen molar-refractivity contribution in [3.63, 3.8) is 0 Å². The Morgan fingerprint density at radius 1 is 1.33 bits per heavy atom. The van der Waals surface area contributed by atoms with Crippen molar-refractivity contribution >= 4 is 21.6 Å². The van der Waals surface area contributed by atoms with Gasteiger partial charge in [0, 0.05) is 31.1 Å². The van der Waals surface area contributed by atoms with Crippen LogP contribution in [-0.2, 0) is 16.3 Å². The summed E-state index contributed by atoms with van der Waals surface area (Å²) in [6.45, 7) is 5.19. The number of hydrogen-bond donors (Lipinski definition) is 2. The third-order valence-electron chi connectivity index (χ3n) is 3.44. The van der Waals surface area contributed by atoms with E-state index in [0.717, 1.165) is 5.69 Å². The second kappa shape index (κ2) is 6.43. The van der Waals surface area contributed by atoms with Crippen LogP contribution in [0.3, 0.4) is 0 Å². The molecule has 0 aromatic carbocycles. The standard InChI is InChI=1S/C14H23N3O3S/c1-6-11-7-10(8-12(15-4)17-11)13(18)16-9-14(2,3)21(5,19)20/h7-8H,6,9H2,1-5H3,(H,15,17)(H,16,18). The molecule has 1 rings (SSSR count). The zero-order valence-corrected chi connectivity index (χ0v) is 14.0. The molecule has 0 fully saturated rings. The fourth-order valence-corrected chi connectivity index (χ4v) is 1.89. The van der Waals surface area contributed by atoms with Gasteiger partial charge in [-0.25, -0.2) is 13.4 Å². The highest BCUT2D eigenvalue weighted by molar-refractivity contribution is 7.92. The van der Waals surface area contributed by atoms with Gasteiger partial charge in [0.2, 0.25) is 0 Å². The Morgan fingerprint density at radius 2 is 1.95 bits per heavy atom. The Hall–Kier alpha value is -1.63. The molecule has 0 bridgehead atoms. The van der Waals surface area contributed by atoms with E-state index in [1.165, 1.54) is 6.26 Å². The van der Waals surface area contributed by atoms with E-state index in [-0.39, 0.29) is 12.5 Å². The van der Waals surface area contributed by atoms with Crippen LogP contribution in [0.15, 0.2) is 12.1 Å². The summed E-state index contributed by atoms with van der Waals surface area (Å²) in [5.41, 5.74) is 1.27. The van der Waals surface area contributed by atoms with E-state index in [4.69, 9.17) is 0 Å². The van der Waals surface area contributed by atoms with Crippen molar-refractivity contribution < 1.29 is 13.2 Å². The number of amides is 1. The smallest absolute Gasteiger partial charge is 0.251 e. The molecular formula is C14H23N3O3S. The van der Waals surface area contributed by atoms with Gasteiger partial charge in [0.1, 0.15) is 5.82 Å². The third kappa shape index (κ3) is 4.42. The lowest BCUT2D eigenvalue weighted by molar-refractivity contribution is 0.0950. The Kier molecular flexibility index (Phi) is 5.33. The number of carbonyl (C=O) groups is 1. The van der Waals surface area contributed by atoms with Gasteiger partial charge in [0.15, 0.2) is 9.84 Å². The monoisotopic (exact) mass is 313 g/mol. The predicted molar refractivity (Wildman–Crippen MR) is 84.4 cm³/mol. The number of hydrogen-bond acceptors (Lipinski definition) is 5. The van der Waals surface area contributed by atoms with Crippen molar-refractivity contribution in [1.29, 1.82) is 0 Å². The van der Waals surface area contributed by atoms with Gasteiger partial charge in [-0.05, 0) is 32.4 Å². The minimum absolute atomic E-state index is 0.0589. The van der Waals surface area contributed by atoms with Crippen LogP contribution in [0.4, 0.5) is 5.82 Å². The number of aromatic nitrogens is 1. The Bertz CT molecular complexity index is 602. The summed E-state index contributed by atoms with van der Waals surface area (Å²) in [7, 11) is -1.51. The highest BCUT2D eigenvalue weighted by Gasteiger charge is 2.30. The number of sulfone groups is 1. The molecule has 21 heavy (non-hydrogen) atoms. The maximum atomic E-state index is 12.2. The Morgan fingerprint density at radius 3 is 2.43 bits per heavy atom. The molecule has 0 aliphatic heterocycles. The van der Waals surface area contributed by atoms with Crippen LogP contribution >= 0.6 is 0 Å². The van der Waals surface area contributed by atoms with Crippen molar-refractivity contribution in [2.75, 3.05) is 25.2 Å². The minimum atomic E-state index is -3.25. The summed E-state index contributed by atoms with van der Waals surface area (Å²) in [5, 5.41) is 5.58. The average Bonchev–Trinajstić information content (AvgIpc) is 2.42. The van der Waals surface area contributed by atoms with Gasteiger partial charge < -0.3 is 10.6 Å². The molecule has 0 atom stereocenters. The molecule has 6 nitrogen and oxygen atoms in total. The molecule has 118 valence electrons. The van der Waals surface area contributed by atoms with Gasteiger partial charge in [-0.15, -0.1) is 0 Å². The fourth-order valence-electron chi connectivity index (χ4n) is 1.55. The third-order valence-corrected chi connectivity index (χ3v) is 5.59. The molecule has 7 heteroatoms. The van der Waals surface area contributed by atoms with E-state index in [1.54, 1.807) is 33.0 Å². The van der Waals surface area contributed by atoms with Crippen molar-refractivity contribution in [3.05, 3.63) is 23.4 Å². The van der Waals surface area contributed by atoms with Gasteiger partial charge in [-0.1, -0.05) is 6.92 Å². The molecule has 2 N–H and O–H groups in total. The number of anilines is 1. The second-order valence-electron chi connectivity index (χ2n) is 5.55. The SMILES string of the molecule is CCc1cc(C(=O)NCC(C)(C)S(C)(=O)=O)cc(NC)n1. The van der Waals surface area contributed by atoms with Gasteiger partial charge in [-0.2, -0.15) is 0 Å². The minimum Gasteiger partial charge on any atom is -0.373 e. The van der Waals surface area contributed by atoms with Gasteiger partial charge in [0.05, 0.1) is 4.75 Å². The molecule has 0 aliphatic carbocycles. The maximum Gasteiger partial charge on any atom is 0.251 e. The van der Waals surface area contributed by atoms with Crippen molar-refractivity contribution in [3.8, 4) is 0 Å². The number of nitrogens with zero attached hydrogens (tertiary/aromatic N) is 1. The fraction of sp³-hybridized carbons (Fsp3) is 0.571. The largest absolute Gasteiger partial charge is 0.373 e. The highest BCUT2D eigenvalue weighted by atomic mass is 32.2. The summed E-state index contributed by atoms with van der Waals surface area (Å²) in [5.74, 6) is 0.308. The molecule has 0 aliphatic rings. The summed E-state index contributed by atoms with van der Waals surface area (Å²) in [6.07, 6.45) is 1.88. The van der Waals surface area contributed by atoms with E-state index >= 15 is 0 Å². The van der Waals surface area contributed by atoms with Crippen LogP contribution in [0.2, 0.25) is 0 Å². The zero-order chi connectivity index (χ0) is 16.3. The normalized spacial score (nSPS) is 12.0. The molecule has 0 saturated carbocycles. The lowest BCUT2D eigenvalue weighted by atomic mass is 10.1. The summed E-state index contributed by atoms with van der Waals surface area (Å²) >= 11 is 0. The van der Waals surface area contributed by atoms with Crippen molar-refractivity contribution in [2.24, 2.45) is 0 Å². The molecule has 0 saturated heterocycles. The van der Waals surface area contributed by atoms with E-state index in [9.17, 15) is 13.2 Å². The van der Waals surface area contributed by atoms with E-state index in [1.807, 2.05) is 6.92 Å². The van der Waals surface area contributed by atoms with Gasteiger partial charge in [0.25, 0.3) is 5.91 Å². The maximum absolute atomic E-state index is 12.2. The number of carbonyl (C=O) groups excluding carboxylic acids is 1. The van der Waals surface area contributed by atoms with E-state index in [2.05, 4.69) is 15.6 Å². The second-order valence-corrected chi connectivity index (χ2v) is 8.20. The van der Waals surface area contributed by atoms with Gasteiger partial charge in [-0.3, -0.25) is 4.79 Å². The molecule has 0 unspecified atom stereocenters. The van der Waals surface area contributed by atoms with Crippen LogP contribution < -0.4 is 10.6 Å². The Labute approximate surface area is 126 Å². The van der Waals surface area contributed by atoms with E-state index < -0.39 is 14.6 Å². The molecule has 0 radical (unpaired) electrons. The first-order valence-electron chi connectivity index (χ1n) is 6.77. The van der Waals surface area contributed by atoms with Crippen LogP contribution in [0.5, 0.6) is 0 Å². The van der Waals surface area contributed by atoms with E-state index in [0.29, 0.717) is 17.8 Å². The topological polar surface area (TPSA) is 88.2 Å². The number of rotatable bonds is 6. The van der Waals surface area contributed by atoms with Crippen molar-refractivity contribution in [1.82, 2.24) is 10.3 Å². The van der Waals surface area contributed by atoms with Crippen molar-refractivity contribution in [2.45, 2.75) is 31.9 Å². The lowest BCUT2D eigenvalue weighted by Gasteiger charge is -2.22. The molecule has 1 heterocycles.